The van der Waals surface area contributed by atoms with Gasteiger partial charge in [0.15, 0.2) is 0 Å². The van der Waals surface area contributed by atoms with Gasteiger partial charge < -0.3 is 34.8 Å². The molecule has 66 heavy (non-hydrogen) atoms. The fourth-order valence-electron chi connectivity index (χ4n) is 9.04. The molecule has 2 heterocycles. The maximum atomic E-state index is 14.5. The number of quaternary nitrogens is 1. The van der Waals surface area contributed by atoms with Crippen molar-refractivity contribution in [3.05, 3.63) is 48.0 Å². The van der Waals surface area contributed by atoms with Crippen molar-refractivity contribution >= 4 is 47.4 Å². The fraction of sp³-hybridized carbons (Fsp3) is 0.667. The van der Waals surface area contributed by atoms with Gasteiger partial charge in [-0.3, -0.25) is 33.8 Å². The van der Waals surface area contributed by atoms with Crippen LogP contribution in [0.15, 0.2) is 47.6 Å². The van der Waals surface area contributed by atoms with E-state index in [1.807, 2.05) is 19.9 Å². The fourth-order valence-corrected chi connectivity index (χ4v) is 9.04. The van der Waals surface area contributed by atoms with E-state index in [0.29, 0.717) is 45.1 Å². The quantitative estimate of drug-likeness (QED) is 0.0402. The Balaban J connectivity index is 1.75. The van der Waals surface area contributed by atoms with Crippen molar-refractivity contribution in [1.29, 1.82) is 0 Å². The topological polar surface area (TPSA) is 223 Å². The molecule has 2 aliphatic rings. The number of hydrogen-bond donors (Lipinski definition) is 3. The summed E-state index contributed by atoms with van der Waals surface area (Å²) in [5.41, 5.74) is 0.759. The Bertz CT molecular complexity index is 1860. The zero-order valence-electron chi connectivity index (χ0n) is 40.9. The van der Waals surface area contributed by atoms with Crippen LogP contribution in [0.25, 0.3) is 0 Å². The highest BCUT2D eigenvalue weighted by atomic mass is 16.5. The average molecular weight is 926 g/mol. The number of aliphatic carboxylic acids is 1. The zero-order valence-corrected chi connectivity index (χ0v) is 40.9. The first-order valence-corrected chi connectivity index (χ1v) is 23.3. The Morgan fingerprint density at radius 3 is 2.12 bits per heavy atom. The van der Waals surface area contributed by atoms with Crippen molar-refractivity contribution in [3.8, 4) is 0 Å². The molecule has 0 bridgehead atoms. The van der Waals surface area contributed by atoms with E-state index in [0.717, 1.165) is 10.5 Å². The number of nitrogens with one attached hydrogen (secondary N) is 2. The number of hydrogen-bond acceptors (Lipinski definition) is 11. The minimum Gasteiger partial charge on any atom is -0.857 e. The summed E-state index contributed by atoms with van der Waals surface area (Å²) in [5, 5.41) is 31.0. The van der Waals surface area contributed by atoms with Crippen LogP contribution in [-0.2, 0) is 44.7 Å². The van der Waals surface area contributed by atoms with Crippen LogP contribution in [0.4, 0.5) is 4.79 Å². The molecule has 18 heteroatoms. The molecule has 2 aliphatic heterocycles. The molecule has 1 fully saturated rings. The number of benzene rings is 1. The molecular weight excluding hydrogens is 851 g/mol. The van der Waals surface area contributed by atoms with Crippen LogP contribution >= 0.6 is 0 Å². The number of amides is 7. The molecule has 9 atom stereocenters. The highest BCUT2D eigenvalue weighted by molar-refractivity contribution is 6.12. The lowest BCUT2D eigenvalue weighted by Gasteiger charge is -2.39. The third-order valence-electron chi connectivity index (χ3n) is 13.0. The van der Waals surface area contributed by atoms with Crippen molar-refractivity contribution in [2.45, 2.75) is 149 Å². The maximum absolute atomic E-state index is 14.5. The van der Waals surface area contributed by atoms with Gasteiger partial charge in [0.05, 0.1) is 42.7 Å². The molecule has 1 saturated heterocycles. The summed E-state index contributed by atoms with van der Waals surface area (Å²) in [5.74, 6) is -4.83. The number of ether oxygens (including phenoxy) is 2. The number of urea groups is 1. The lowest BCUT2D eigenvalue weighted by molar-refractivity contribution is -0.851. The Morgan fingerprint density at radius 1 is 0.939 bits per heavy atom. The Kier molecular flexibility index (Phi) is 21.9. The number of carboxylic acid groups (broad SMARTS) is 1. The predicted molar refractivity (Wildman–Crippen MR) is 245 cm³/mol. The maximum Gasteiger partial charge on any atom is 0.444 e. The first-order valence-electron chi connectivity index (χ1n) is 23.3. The molecule has 3 N–H and O–H groups in total. The summed E-state index contributed by atoms with van der Waals surface area (Å²) in [7, 11) is 6.12. The minimum absolute atomic E-state index is 0.00712. The first kappa shape index (κ1) is 55.1. The molecule has 18 nitrogen and oxygen atoms in total. The van der Waals surface area contributed by atoms with E-state index in [4.69, 9.17) is 9.47 Å². The molecule has 0 aromatic heterocycles. The predicted octanol–water partition coefficient (Wildman–Crippen LogP) is 2.25. The lowest BCUT2D eigenvalue weighted by atomic mass is 9.90. The normalized spacial score (nSPS) is 19.0. The number of methoxy groups -OCH3 is 2. The van der Waals surface area contributed by atoms with Crippen LogP contribution in [-0.4, -0.2) is 156 Å². The van der Waals surface area contributed by atoms with Crippen molar-refractivity contribution in [3.63, 3.8) is 0 Å². The molecule has 2 unspecified atom stereocenters. The number of likely N-dealkylation sites (tertiary alicyclic amines) is 1. The third-order valence-corrected chi connectivity index (χ3v) is 13.0. The second kappa shape index (κ2) is 26.2. The van der Waals surface area contributed by atoms with Crippen molar-refractivity contribution in [2.75, 3.05) is 41.4 Å². The van der Waals surface area contributed by atoms with Gasteiger partial charge in [-0.2, -0.15) is 0 Å². The molecule has 1 aromatic rings. The summed E-state index contributed by atoms with van der Waals surface area (Å²) >= 11 is 0. The van der Waals surface area contributed by atoms with Crippen LogP contribution in [0.1, 0.15) is 105 Å². The van der Waals surface area contributed by atoms with Crippen molar-refractivity contribution in [2.24, 2.45) is 22.9 Å². The molecule has 0 spiro atoms. The van der Waals surface area contributed by atoms with Crippen LogP contribution in [0, 0.1) is 17.8 Å². The number of rotatable bonds is 26. The standard InChI is InChI=1S/C48H75N7O11/c1-12-32(6)43(37(65-10)29-41(59)53-27-19-22-36(53)44(66-11)33(7)45(60)49-35(47(62)63)28-34-20-15-13-16-21-34)52(9)48(64)55(31(4)5)50-46(61)42(30(2)3)51(8)38(56)23-17-14-18-26-54-39(57)24-25-40(54)58/h13,15-16,20-21,24-25,30-33,35-37,42-44H,12,14,17-19,22-23,26-29H2,1-11H3,(H,49,60)(H,50,61)(H,62,63)/t32-,33+,35-,36-,37+,42-,43?,44+/m0/s1. The number of imide groups is 1. The third kappa shape index (κ3) is 14.6. The van der Waals surface area contributed by atoms with Crippen molar-refractivity contribution in [1.82, 2.24) is 24.9 Å². The van der Waals surface area contributed by atoms with Gasteiger partial charge in [0, 0.05) is 72.3 Å². The molecule has 0 radical (unpaired) electrons. The summed E-state index contributed by atoms with van der Waals surface area (Å²) in [4.78, 5) is 97.3. The highest BCUT2D eigenvalue weighted by Crippen LogP contribution is 2.29. The van der Waals surface area contributed by atoms with Crippen molar-refractivity contribution < 1.29 is 58.3 Å². The van der Waals surface area contributed by atoms with Crippen LogP contribution in [0.2, 0.25) is 0 Å². The summed E-state index contributed by atoms with van der Waals surface area (Å²) in [6, 6.07) is 4.80. The average Bonchev–Trinajstić information content (AvgIpc) is 3.89. The zero-order chi connectivity index (χ0) is 49.4. The SMILES string of the molecule is CC[C@H](C)C([C@@H](CC(=O)N1CCC[C@H]1[C@H](OC)[C@@H](C)C(=O)N[C@@H](Cc1ccccc1)C(=O)O)OC)N(C)C(=O)[NH+](N=C([O-])[C@H](C(C)C)N(C)C(=O)CCCCCN1C(=O)C=CC1=O)C(C)C. The molecule has 1 aromatic carbocycles. The molecule has 0 aliphatic carbocycles. The Hall–Kier alpha value is -5.20. The Morgan fingerprint density at radius 2 is 1.58 bits per heavy atom. The molecule has 7 amide bonds. The number of nitrogens with zero attached hydrogens (tertiary/aromatic N) is 5. The van der Waals surface area contributed by atoms with E-state index in [-0.39, 0.29) is 66.3 Å². The van der Waals surface area contributed by atoms with E-state index in [1.165, 1.54) is 36.2 Å². The number of carboxylic acids is 1. The van der Waals surface area contributed by atoms with Gasteiger partial charge in [-0.05, 0) is 56.9 Å². The van der Waals surface area contributed by atoms with Crippen LogP contribution in [0.3, 0.4) is 0 Å². The molecule has 0 saturated carbocycles. The van der Waals surface area contributed by atoms with Gasteiger partial charge in [0.25, 0.3) is 11.8 Å². The van der Waals surface area contributed by atoms with Crippen LogP contribution in [0.5, 0.6) is 0 Å². The smallest absolute Gasteiger partial charge is 0.444 e. The number of carbonyl (C=O) groups excluding carboxylic acids is 6. The second-order valence-corrected chi connectivity index (χ2v) is 18.3. The molecular formula is C48H75N7O11. The molecule has 3 rings (SSSR count). The molecule has 368 valence electrons. The van der Waals surface area contributed by atoms with E-state index >= 15 is 0 Å². The van der Waals surface area contributed by atoms with E-state index in [2.05, 4.69) is 10.4 Å². The highest BCUT2D eigenvalue weighted by Gasteiger charge is 2.44. The van der Waals surface area contributed by atoms with Gasteiger partial charge in [-0.15, -0.1) is 5.01 Å². The summed E-state index contributed by atoms with van der Waals surface area (Å²) < 4.78 is 11.9. The summed E-state index contributed by atoms with van der Waals surface area (Å²) in [6.07, 6.45) is 4.56. The van der Waals surface area contributed by atoms with E-state index < -0.39 is 72.1 Å². The number of likely N-dealkylation sites (N-methyl/N-ethyl adjacent to an activating group) is 2. The van der Waals surface area contributed by atoms with Gasteiger partial charge in [0.1, 0.15) is 12.1 Å². The first-order chi connectivity index (χ1) is 31.2. The minimum atomic E-state index is -1.17. The largest absolute Gasteiger partial charge is 0.857 e. The van der Waals surface area contributed by atoms with Gasteiger partial charge in [-0.1, -0.05) is 82.9 Å². The van der Waals surface area contributed by atoms with Gasteiger partial charge in [0.2, 0.25) is 17.7 Å². The van der Waals surface area contributed by atoms with E-state index in [1.54, 1.807) is 77.9 Å². The lowest BCUT2D eigenvalue weighted by Crippen LogP contribution is -3.15. The monoisotopic (exact) mass is 926 g/mol. The second-order valence-electron chi connectivity index (χ2n) is 18.3. The van der Waals surface area contributed by atoms with E-state index in [9.17, 15) is 43.8 Å². The van der Waals surface area contributed by atoms with Gasteiger partial charge >= 0.3 is 12.0 Å². The summed E-state index contributed by atoms with van der Waals surface area (Å²) in [6.45, 7) is 13.4. The van der Waals surface area contributed by atoms with Crippen LogP contribution < -0.4 is 15.4 Å². The number of carbonyl (C=O) groups is 7. The Labute approximate surface area is 390 Å². The van der Waals surface area contributed by atoms with Gasteiger partial charge in [-0.25, -0.2) is 9.59 Å². The number of unbranched alkanes of at least 4 members (excludes halogenated alkanes) is 2.